The van der Waals surface area contributed by atoms with Crippen LogP contribution in [0.3, 0.4) is 0 Å². The molecular formula is C16H23FN2O3S. The van der Waals surface area contributed by atoms with Crippen LogP contribution in [0, 0.1) is 5.82 Å². The number of hydrogen-bond acceptors (Lipinski definition) is 4. The molecule has 0 bridgehead atoms. The number of carbonyl (C=O) groups excluding carboxylic acids is 1. The SMILES string of the molecule is CC(Cc1ccccc1F)NC(=O)CN(C)C1CCS(=O)(=O)C1. The Labute approximate surface area is 136 Å². The molecule has 1 aromatic rings. The van der Waals surface area contributed by atoms with E-state index in [-0.39, 0.29) is 41.9 Å². The number of rotatable bonds is 6. The maximum atomic E-state index is 13.6. The van der Waals surface area contributed by atoms with Crippen LogP contribution in [0.15, 0.2) is 24.3 Å². The molecule has 0 aliphatic carbocycles. The number of hydrogen-bond donors (Lipinski definition) is 1. The maximum absolute atomic E-state index is 13.6. The van der Waals surface area contributed by atoms with Gasteiger partial charge in [-0.2, -0.15) is 0 Å². The van der Waals surface area contributed by atoms with Gasteiger partial charge in [0, 0.05) is 12.1 Å². The van der Waals surface area contributed by atoms with Crippen LogP contribution in [0.2, 0.25) is 0 Å². The number of nitrogens with one attached hydrogen (secondary N) is 1. The van der Waals surface area contributed by atoms with Gasteiger partial charge in [0.25, 0.3) is 0 Å². The fraction of sp³-hybridized carbons (Fsp3) is 0.562. The third kappa shape index (κ3) is 5.28. The van der Waals surface area contributed by atoms with Gasteiger partial charge in [0.1, 0.15) is 5.82 Å². The summed E-state index contributed by atoms with van der Waals surface area (Å²) >= 11 is 0. The normalized spacial score (nSPS) is 21.3. The Hall–Kier alpha value is -1.47. The molecule has 5 nitrogen and oxygen atoms in total. The second-order valence-electron chi connectivity index (χ2n) is 6.24. The van der Waals surface area contributed by atoms with Crippen molar-refractivity contribution < 1.29 is 17.6 Å². The van der Waals surface area contributed by atoms with Crippen LogP contribution in [-0.2, 0) is 21.1 Å². The van der Waals surface area contributed by atoms with Crippen molar-refractivity contribution in [3.63, 3.8) is 0 Å². The van der Waals surface area contributed by atoms with E-state index in [0.29, 0.717) is 18.4 Å². The first-order valence-electron chi connectivity index (χ1n) is 7.70. The Kier molecular flexibility index (Phi) is 5.75. The van der Waals surface area contributed by atoms with E-state index in [1.165, 1.54) is 6.07 Å². The predicted molar refractivity (Wildman–Crippen MR) is 87.4 cm³/mol. The summed E-state index contributed by atoms with van der Waals surface area (Å²) in [6.45, 7) is 1.96. The molecule has 1 heterocycles. The van der Waals surface area contributed by atoms with Crippen molar-refractivity contribution in [1.29, 1.82) is 0 Å². The van der Waals surface area contributed by atoms with Gasteiger partial charge in [-0.3, -0.25) is 9.69 Å². The lowest BCUT2D eigenvalue weighted by Gasteiger charge is -2.23. The van der Waals surface area contributed by atoms with E-state index in [0.717, 1.165) is 0 Å². The Morgan fingerprint density at radius 3 is 2.74 bits per heavy atom. The fourth-order valence-electron chi connectivity index (χ4n) is 2.84. The zero-order chi connectivity index (χ0) is 17.0. The van der Waals surface area contributed by atoms with Gasteiger partial charge in [-0.05, 0) is 38.4 Å². The van der Waals surface area contributed by atoms with Crippen LogP contribution in [0.1, 0.15) is 18.9 Å². The molecule has 1 N–H and O–H groups in total. The van der Waals surface area contributed by atoms with Crippen molar-refractivity contribution in [3.8, 4) is 0 Å². The first kappa shape index (κ1) is 17.9. The Balaban J connectivity index is 1.81. The molecule has 128 valence electrons. The first-order valence-corrected chi connectivity index (χ1v) is 9.52. The second-order valence-corrected chi connectivity index (χ2v) is 8.46. The van der Waals surface area contributed by atoms with Crippen molar-refractivity contribution in [1.82, 2.24) is 10.2 Å². The van der Waals surface area contributed by atoms with Crippen molar-refractivity contribution >= 4 is 15.7 Å². The minimum absolute atomic E-state index is 0.104. The lowest BCUT2D eigenvalue weighted by molar-refractivity contribution is -0.122. The van der Waals surface area contributed by atoms with E-state index in [1.807, 2.05) is 6.92 Å². The molecule has 1 amide bonds. The van der Waals surface area contributed by atoms with E-state index < -0.39 is 9.84 Å². The highest BCUT2D eigenvalue weighted by atomic mass is 32.2. The molecule has 7 heteroatoms. The van der Waals surface area contributed by atoms with E-state index in [1.54, 1.807) is 30.1 Å². The quantitative estimate of drug-likeness (QED) is 0.837. The van der Waals surface area contributed by atoms with Crippen molar-refractivity contribution in [3.05, 3.63) is 35.6 Å². The standard InChI is InChI=1S/C16H23FN2O3S/c1-12(9-13-5-3-4-6-15(13)17)18-16(20)10-19(2)14-7-8-23(21,22)11-14/h3-6,12,14H,7-11H2,1-2H3,(H,18,20). The summed E-state index contributed by atoms with van der Waals surface area (Å²) in [7, 11) is -1.20. The van der Waals surface area contributed by atoms with E-state index in [4.69, 9.17) is 0 Å². The van der Waals surface area contributed by atoms with Gasteiger partial charge < -0.3 is 5.32 Å². The highest BCUT2D eigenvalue weighted by molar-refractivity contribution is 7.91. The highest BCUT2D eigenvalue weighted by Gasteiger charge is 2.31. The summed E-state index contributed by atoms with van der Waals surface area (Å²) in [6.07, 6.45) is 0.983. The second kappa shape index (κ2) is 7.40. The Morgan fingerprint density at radius 1 is 1.43 bits per heavy atom. The minimum Gasteiger partial charge on any atom is -0.352 e. The third-order valence-corrected chi connectivity index (χ3v) is 5.87. The smallest absolute Gasteiger partial charge is 0.234 e. The van der Waals surface area contributed by atoms with Crippen LogP contribution in [0.5, 0.6) is 0 Å². The molecule has 23 heavy (non-hydrogen) atoms. The molecule has 0 saturated carbocycles. The first-order chi connectivity index (χ1) is 10.8. The van der Waals surface area contributed by atoms with E-state index >= 15 is 0 Å². The molecule has 2 rings (SSSR count). The van der Waals surface area contributed by atoms with Crippen molar-refractivity contribution in [2.75, 3.05) is 25.1 Å². The van der Waals surface area contributed by atoms with Gasteiger partial charge in [0.05, 0.1) is 18.1 Å². The molecule has 2 atom stereocenters. The number of benzene rings is 1. The molecule has 1 aromatic carbocycles. The average molecular weight is 342 g/mol. The van der Waals surface area contributed by atoms with Crippen LogP contribution in [0.4, 0.5) is 4.39 Å². The fourth-order valence-corrected chi connectivity index (χ4v) is 4.65. The average Bonchev–Trinajstić information content (AvgIpc) is 2.81. The predicted octanol–water partition coefficient (Wildman–Crippen LogP) is 0.992. The number of amides is 1. The molecule has 1 aliphatic rings. The molecule has 2 unspecified atom stereocenters. The van der Waals surface area contributed by atoms with Gasteiger partial charge in [0.15, 0.2) is 9.84 Å². The molecule has 1 aliphatic heterocycles. The van der Waals surface area contributed by atoms with Crippen LogP contribution in [0.25, 0.3) is 0 Å². The van der Waals surface area contributed by atoms with Crippen LogP contribution < -0.4 is 5.32 Å². The molecule has 1 saturated heterocycles. The highest BCUT2D eigenvalue weighted by Crippen LogP contribution is 2.16. The number of nitrogens with zero attached hydrogens (tertiary/aromatic N) is 1. The zero-order valence-corrected chi connectivity index (χ0v) is 14.3. The summed E-state index contributed by atoms with van der Waals surface area (Å²) in [4.78, 5) is 13.8. The number of sulfone groups is 1. The Bertz CT molecular complexity index is 663. The van der Waals surface area contributed by atoms with E-state index in [2.05, 4.69) is 5.32 Å². The third-order valence-electron chi connectivity index (χ3n) is 4.12. The number of halogens is 1. The van der Waals surface area contributed by atoms with Crippen LogP contribution >= 0.6 is 0 Å². The summed E-state index contributed by atoms with van der Waals surface area (Å²) in [5.41, 5.74) is 0.565. The monoisotopic (exact) mass is 342 g/mol. The van der Waals surface area contributed by atoms with Gasteiger partial charge in [-0.25, -0.2) is 12.8 Å². The van der Waals surface area contributed by atoms with Crippen LogP contribution in [-0.4, -0.2) is 56.4 Å². The van der Waals surface area contributed by atoms with Gasteiger partial charge >= 0.3 is 0 Å². The molecule has 0 spiro atoms. The summed E-state index contributed by atoms with van der Waals surface area (Å²) in [5, 5.41) is 2.83. The molecule has 0 aromatic heterocycles. The molecular weight excluding hydrogens is 319 g/mol. The summed E-state index contributed by atoms with van der Waals surface area (Å²) < 4.78 is 36.6. The summed E-state index contributed by atoms with van der Waals surface area (Å²) in [5.74, 6) is -0.156. The van der Waals surface area contributed by atoms with Crippen molar-refractivity contribution in [2.45, 2.75) is 31.8 Å². The van der Waals surface area contributed by atoms with Gasteiger partial charge in [-0.15, -0.1) is 0 Å². The van der Waals surface area contributed by atoms with Gasteiger partial charge in [0.2, 0.25) is 5.91 Å². The zero-order valence-electron chi connectivity index (χ0n) is 13.5. The topological polar surface area (TPSA) is 66.5 Å². The number of likely N-dealkylation sites (N-methyl/N-ethyl adjacent to an activating group) is 1. The van der Waals surface area contributed by atoms with Gasteiger partial charge in [-0.1, -0.05) is 18.2 Å². The lowest BCUT2D eigenvalue weighted by Crippen LogP contribution is -2.44. The van der Waals surface area contributed by atoms with E-state index in [9.17, 15) is 17.6 Å². The maximum Gasteiger partial charge on any atom is 0.234 e. The minimum atomic E-state index is -2.96. The molecule has 0 radical (unpaired) electrons. The lowest BCUT2D eigenvalue weighted by atomic mass is 10.1. The van der Waals surface area contributed by atoms with Crippen molar-refractivity contribution in [2.24, 2.45) is 0 Å². The largest absolute Gasteiger partial charge is 0.352 e. The Morgan fingerprint density at radius 2 is 2.13 bits per heavy atom. The number of carbonyl (C=O) groups is 1. The molecule has 1 fully saturated rings. The summed E-state index contributed by atoms with van der Waals surface area (Å²) in [6, 6.07) is 6.20.